The van der Waals surface area contributed by atoms with Gasteiger partial charge < -0.3 is 20.5 Å². The number of anilines is 1. The van der Waals surface area contributed by atoms with Crippen molar-refractivity contribution < 1.29 is 23.9 Å². The molecule has 0 saturated carbocycles. The van der Waals surface area contributed by atoms with Crippen molar-refractivity contribution in [2.75, 3.05) is 25.1 Å². The Labute approximate surface area is 162 Å². The van der Waals surface area contributed by atoms with Crippen LogP contribution in [0.2, 0.25) is 0 Å². The normalized spacial score (nSPS) is 18.0. The maximum Gasteiger partial charge on any atom is 0.340 e. The van der Waals surface area contributed by atoms with Crippen LogP contribution in [0.25, 0.3) is 0 Å². The fourth-order valence-electron chi connectivity index (χ4n) is 3.01. The Hall–Kier alpha value is -3.23. The minimum atomic E-state index is -1.55. The van der Waals surface area contributed by atoms with Crippen molar-refractivity contribution in [2.45, 2.75) is 12.3 Å². The molecule has 0 aliphatic carbocycles. The van der Waals surface area contributed by atoms with Gasteiger partial charge in [-0.3, -0.25) is 14.5 Å². The molecule has 1 saturated heterocycles. The van der Waals surface area contributed by atoms with E-state index in [0.717, 1.165) is 10.5 Å². The van der Waals surface area contributed by atoms with E-state index in [2.05, 4.69) is 5.32 Å². The third-order valence-corrected chi connectivity index (χ3v) is 4.54. The van der Waals surface area contributed by atoms with Crippen molar-refractivity contribution in [1.82, 2.24) is 5.32 Å². The zero-order valence-corrected chi connectivity index (χ0v) is 15.4. The molecule has 0 aromatic heterocycles. The Morgan fingerprint density at radius 3 is 2.39 bits per heavy atom. The molecule has 0 radical (unpaired) electrons. The van der Waals surface area contributed by atoms with E-state index < -0.39 is 23.5 Å². The number of benzene rings is 2. The number of ether oxygens (including phenoxy) is 2. The Morgan fingerprint density at radius 1 is 1.14 bits per heavy atom. The number of para-hydroxylation sites is 1. The average molecular weight is 383 g/mol. The van der Waals surface area contributed by atoms with Crippen LogP contribution >= 0.6 is 0 Å². The summed E-state index contributed by atoms with van der Waals surface area (Å²) >= 11 is 0. The average Bonchev–Trinajstić information content (AvgIpc) is 2.74. The van der Waals surface area contributed by atoms with Crippen molar-refractivity contribution in [2.24, 2.45) is 5.73 Å². The molecule has 1 atom stereocenters. The van der Waals surface area contributed by atoms with E-state index in [0.29, 0.717) is 0 Å². The SMILES string of the molecule is COC1(N(C(=O)CN)c2ccccc2C(=O)OCc2ccccc2)CNC1=O. The molecule has 3 N–H and O–H groups in total. The molecule has 8 nitrogen and oxygen atoms in total. The fourth-order valence-corrected chi connectivity index (χ4v) is 3.01. The summed E-state index contributed by atoms with van der Waals surface area (Å²) in [5, 5.41) is 2.56. The summed E-state index contributed by atoms with van der Waals surface area (Å²) in [4.78, 5) is 38.7. The van der Waals surface area contributed by atoms with Crippen LogP contribution < -0.4 is 16.0 Å². The third kappa shape index (κ3) is 3.47. The van der Waals surface area contributed by atoms with Gasteiger partial charge in [0.1, 0.15) is 6.61 Å². The van der Waals surface area contributed by atoms with E-state index in [9.17, 15) is 14.4 Å². The highest BCUT2D eigenvalue weighted by atomic mass is 16.5. The number of carbonyl (C=O) groups excluding carboxylic acids is 3. The van der Waals surface area contributed by atoms with Gasteiger partial charge in [-0.25, -0.2) is 4.79 Å². The van der Waals surface area contributed by atoms with E-state index in [4.69, 9.17) is 15.2 Å². The quantitative estimate of drug-likeness (QED) is 0.416. The number of hydrogen-bond donors (Lipinski definition) is 2. The van der Waals surface area contributed by atoms with Crippen molar-refractivity contribution in [3.05, 3.63) is 65.7 Å². The molecular formula is C20H21N3O5. The maximum atomic E-state index is 12.7. The van der Waals surface area contributed by atoms with E-state index in [1.165, 1.54) is 13.2 Å². The molecule has 8 heteroatoms. The monoisotopic (exact) mass is 383 g/mol. The smallest absolute Gasteiger partial charge is 0.340 e. The fraction of sp³-hybridized carbons (Fsp3) is 0.250. The van der Waals surface area contributed by atoms with Gasteiger partial charge in [-0.2, -0.15) is 0 Å². The number of methoxy groups -OCH3 is 1. The van der Waals surface area contributed by atoms with Crippen LogP contribution in [0.1, 0.15) is 15.9 Å². The van der Waals surface area contributed by atoms with Crippen molar-refractivity contribution in [1.29, 1.82) is 0 Å². The molecule has 1 aliphatic heterocycles. The lowest BCUT2D eigenvalue weighted by molar-refractivity contribution is -0.159. The number of β-lactam (4-membered cyclic amide) rings is 1. The van der Waals surface area contributed by atoms with Gasteiger partial charge in [0, 0.05) is 7.11 Å². The Bertz CT molecular complexity index is 882. The maximum absolute atomic E-state index is 12.7. The predicted molar refractivity (Wildman–Crippen MR) is 101 cm³/mol. The van der Waals surface area contributed by atoms with Crippen LogP contribution in [0, 0.1) is 0 Å². The van der Waals surface area contributed by atoms with Crippen molar-refractivity contribution in [3.8, 4) is 0 Å². The molecule has 2 amide bonds. The molecule has 2 aromatic rings. The molecule has 1 aliphatic rings. The first-order valence-corrected chi connectivity index (χ1v) is 8.70. The van der Waals surface area contributed by atoms with Crippen LogP contribution in [0.4, 0.5) is 5.69 Å². The largest absolute Gasteiger partial charge is 0.457 e. The van der Waals surface area contributed by atoms with E-state index in [1.807, 2.05) is 30.3 Å². The summed E-state index contributed by atoms with van der Waals surface area (Å²) in [5.74, 6) is -1.66. The number of nitrogens with two attached hydrogens (primary N) is 1. The predicted octanol–water partition coefficient (Wildman–Crippen LogP) is 0.808. The summed E-state index contributed by atoms with van der Waals surface area (Å²) in [6.45, 7) is -0.192. The standard InChI is InChI=1S/C20H21N3O5/c1-27-20(13-22-19(20)26)23(17(24)11-21)16-10-6-5-9-15(16)18(25)28-12-14-7-3-2-4-8-14/h2-10H,11-13,21H2,1H3,(H,22,26). The summed E-state index contributed by atoms with van der Waals surface area (Å²) in [5.41, 5.74) is 5.17. The van der Waals surface area contributed by atoms with Gasteiger partial charge in [0.05, 0.1) is 24.3 Å². The lowest BCUT2D eigenvalue weighted by Crippen LogP contribution is -2.76. The minimum absolute atomic E-state index is 0.0781. The zero-order valence-electron chi connectivity index (χ0n) is 15.4. The molecule has 3 rings (SSSR count). The van der Waals surface area contributed by atoms with Crippen LogP contribution in [0.5, 0.6) is 0 Å². The van der Waals surface area contributed by atoms with Gasteiger partial charge in [-0.15, -0.1) is 0 Å². The molecule has 1 unspecified atom stereocenters. The first kappa shape index (κ1) is 19.5. The topological polar surface area (TPSA) is 111 Å². The highest BCUT2D eigenvalue weighted by molar-refractivity contribution is 6.09. The molecule has 0 spiro atoms. The molecule has 28 heavy (non-hydrogen) atoms. The van der Waals surface area contributed by atoms with E-state index in [-0.39, 0.29) is 30.9 Å². The first-order valence-electron chi connectivity index (χ1n) is 8.70. The highest BCUT2D eigenvalue weighted by Crippen LogP contribution is 2.32. The number of carbonyl (C=O) groups is 3. The van der Waals surface area contributed by atoms with Gasteiger partial charge in [0.25, 0.3) is 5.91 Å². The Kier molecular flexibility index (Phi) is 5.72. The number of nitrogens with one attached hydrogen (secondary N) is 1. The second-order valence-corrected chi connectivity index (χ2v) is 6.18. The van der Waals surface area contributed by atoms with E-state index in [1.54, 1.807) is 18.2 Å². The third-order valence-electron chi connectivity index (χ3n) is 4.54. The Morgan fingerprint density at radius 2 is 1.82 bits per heavy atom. The van der Waals surface area contributed by atoms with Gasteiger partial charge in [0.2, 0.25) is 11.6 Å². The second-order valence-electron chi connectivity index (χ2n) is 6.18. The lowest BCUT2D eigenvalue weighted by Gasteiger charge is -2.47. The Balaban J connectivity index is 1.93. The number of esters is 1. The van der Waals surface area contributed by atoms with Crippen LogP contribution in [0.15, 0.2) is 54.6 Å². The molecule has 2 aromatic carbocycles. The summed E-state index contributed by atoms with van der Waals surface area (Å²) in [6.07, 6.45) is 0. The summed E-state index contributed by atoms with van der Waals surface area (Å²) in [7, 11) is 1.33. The molecule has 1 heterocycles. The zero-order chi connectivity index (χ0) is 20.1. The van der Waals surface area contributed by atoms with Gasteiger partial charge in [0.15, 0.2) is 0 Å². The second kappa shape index (κ2) is 8.20. The lowest BCUT2D eigenvalue weighted by atomic mass is 10.0. The molecule has 146 valence electrons. The minimum Gasteiger partial charge on any atom is -0.457 e. The van der Waals surface area contributed by atoms with Gasteiger partial charge in [-0.05, 0) is 17.7 Å². The molecular weight excluding hydrogens is 362 g/mol. The first-order chi connectivity index (χ1) is 13.5. The summed E-state index contributed by atoms with van der Waals surface area (Å²) < 4.78 is 10.8. The number of hydrogen-bond acceptors (Lipinski definition) is 6. The van der Waals surface area contributed by atoms with Crippen molar-refractivity contribution >= 4 is 23.5 Å². The van der Waals surface area contributed by atoms with Crippen LogP contribution in [-0.2, 0) is 25.7 Å². The number of amides is 2. The van der Waals surface area contributed by atoms with Crippen LogP contribution in [-0.4, -0.2) is 43.7 Å². The van der Waals surface area contributed by atoms with Gasteiger partial charge in [-0.1, -0.05) is 42.5 Å². The van der Waals surface area contributed by atoms with Gasteiger partial charge >= 0.3 is 5.97 Å². The molecule has 0 bridgehead atoms. The van der Waals surface area contributed by atoms with Crippen LogP contribution in [0.3, 0.4) is 0 Å². The summed E-state index contributed by atoms with van der Waals surface area (Å²) in [6, 6.07) is 15.6. The van der Waals surface area contributed by atoms with E-state index >= 15 is 0 Å². The molecule has 1 fully saturated rings. The van der Waals surface area contributed by atoms with Crippen molar-refractivity contribution in [3.63, 3.8) is 0 Å². The number of nitrogens with zero attached hydrogens (tertiary/aromatic N) is 1. The number of rotatable bonds is 7. The highest BCUT2D eigenvalue weighted by Gasteiger charge is 2.55.